The van der Waals surface area contributed by atoms with Crippen LogP contribution in [0.5, 0.6) is 5.75 Å². The van der Waals surface area contributed by atoms with Crippen molar-refractivity contribution in [2.24, 2.45) is 0 Å². The van der Waals surface area contributed by atoms with Gasteiger partial charge >= 0.3 is 12.5 Å². The Kier molecular flexibility index (Phi) is 6.57. The van der Waals surface area contributed by atoms with Crippen molar-refractivity contribution in [2.45, 2.75) is 44.7 Å². The molecular weight excluding hydrogens is 407 g/mol. The quantitative estimate of drug-likeness (QED) is 0.576. The number of likely N-dealkylation sites (tertiary alicyclic amines) is 1. The van der Waals surface area contributed by atoms with E-state index in [0.29, 0.717) is 30.0 Å². The lowest BCUT2D eigenvalue weighted by atomic mass is 9.97. The first-order valence-corrected chi connectivity index (χ1v) is 9.72. The smallest absolute Gasteiger partial charge is 0.490 e. The van der Waals surface area contributed by atoms with Gasteiger partial charge in [-0.25, -0.2) is 4.79 Å². The molecule has 1 fully saturated rings. The van der Waals surface area contributed by atoms with Gasteiger partial charge in [-0.15, -0.1) is 13.2 Å². The van der Waals surface area contributed by atoms with Crippen molar-refractivity contribution in [1.29, 1.82) is 0 Å². The van der Waals surface area contributed by atoms with E-state index < -0.39 is 12.5 Å². The first-order valence-electron chi connectivity index (χ1n) is 9.34. The Morgan fingerprint density at radius 2 is 1.86 bits per heavy atom. The van der Waals surface area contributed by atoms with Crippen molar-refractivity contribution in [2.75, 3.05) is 6.54 Å². The third-order valence-corrected chi connectivity index (χ3v) is 5.11. The molecule has 2 aromatic rings. The summed E-state index contributed by atoms with van der Waals surface area (Å²) in [6, 6.07) is 14.7. The third kappa shape index (κ3) is 5.79. The minimum absolute atomic E-state index is 0.145. The highest BCUT2D eigenvalue weighted by Crippen LogP contribution is 2.30. The first kappa shape index (κ1) is 21.3. The highest BCUT2D eigenvalue weighted by molar-refractivity contribution is 6.30. The number of alkyl halides is 3. The molecule has 0 radical (unpaired) electrons. The van der Waals surface area contributed by atoms with Gasteiger partial charge in [0.05, 0.1) is 0 Å². The third-order valence-electron chi connectivity index (χ3n) is 4.87. The monoisotopic (exact) mass is 427 g/mol. The zero-order chi connectivity index (χ0) is 21.0. The summed E-state index contributed by atoms with van der Waals surface area (Å²) in [5.74, 6) is 0.661. The number of amides is 1. The molecule has 156 valence electrons. The number of halogens is 4. The van der Waals surface area contributed by atoms with Crippen LogP contribution in [0.1, 0.15) is 26.2 Å². The fourth-order valence-electron chi connectivity index (χ4n) is 3.52. The van der Waals surface area contributed by atoms with Crippen LogP contribution in [0.4, 0.5) is 18.0 Å². The van der Waals surface area contributed by atoms with Gasteiger partial charge in [-0.3, -0.25) is 0 Å². The van der Waals surface area contributed by atoms with Crippen LogP contribution >= 0.6 is 11.6 Å². The Morgan fingerprint density at radius 3 is 2.52 bits per heavy atom. The number of carbonyl (C=O) groups is 1. The summed E-state index contributed by atoms with van der Waals surface area (Å²) in [6.45, 7) is 1.97. The second-order valence-electron chi connectivity index (χ2n) is 6.87. The summed E-state index contributed by atoms with van der Waals surface area (Å²) < 4.78 is 46.7. The molecule has 4 nitrogen and oxygen atoms in total. The number of carbonyl (C=O) groups excluding carboxylic acids is 1. The Bertz CT molecular complexity index is 859. The van der Waals surface area contributed by atoms with Crippen LogP contribution in [-0.4, -0.2) is 36.0 Å². The van der Waals surface area contributed by atoms with E-state index in [1.807, 2.05) is 49.4 Å². The molecule has 0 N–H and O–H groups in total. The van der Waals surface area contributed by atoms with Crippen molar-refractivity contribution < 1.29 is 27.4 Å². The van der Waals surface area contributed by atoms with E-state index >= 15 is 0 Å². The van der Waals surface area contributed by atoms with E-state index in [2.05, 4.69) is 4.74 Å². The van der Waals surface area contributed by atoms with E-state index in [0.717, 1.165) is 16.0 Å². The van der Waals surface area contributed by atoms with Crippen molar-refractivity contribution in [1.82, 2.24) is 4.90 Å². The van der Waals surface area contributed by atoms with E-state index in [1.54, 1.807) is 6.07 Å². The maximum atomic E-state index is 12.4. The van der Waals surface area contributed by atoms with Gasteiger partial charge in [0.1, 0.15) is 11.9 Å². The molecule has 0 aromatic heterocycles. The first-order chi connectivity index (χ1) is 13.7. The summed E-state index contributed by atoms with van der Waals surface area (Å²) in [6.07, 6.45) is -5.18. The van der Waals surface area contributed by atoms with Crippen molar-refractivity contribution >= 4 is 17.7 Å². The number of ether oxygens (including phenoxy) is 2. The van der Waals surface area contributed by atoms with Gasteiger partial charge < -0.3 is 14.4 Å². The zero-order valence-corrected chi connectivity index (χ0v) is 16.5. The topological polar surface area (TPSA) is 38.8 Å². The SMILES string of the molecule is CCC1CC(Oc2cccc(-c3cccc(Cl)c3)c2)CCN1C(=O)OC(F)(F)F. The molecule has 1 aliphatic rings. The van der Waals surface area contributed by atoms with E-state index in [4.69, 9.17) is 16.3 Å². The number of benzene rings is 2. The van der Waals surface area contributed by atoms with Crippen LogP contribution in [0.15, 0.2) is 48.5 Å². The van der Waals surface area contributed by atoms with Crippen LogP contribution in [0.3, 0.4) is 0 Å². The number of nitrogens with zero attached hydrogens (tertiary/aromatic N) is 1. The minimum Gasteiger partial charge on any atom is -0.490 e. The molecule has 0 spiro atoms. The van der Waals surface area contributed by atoms with Gasteiger partial charge in [0.25, 0.3) is 0 Å². The molecule has 8 heteroatoms. The molecule has 1 heterocycles. The molecule has 29 heavy (non-hydrogen) atoms. The molecule has 0 bridgehead atoms. The Labute approximate surface area is 172 Å². The molecule has 1 saturated heterocycles. The van der Waals surface area contributed by atoms with Gasteiger partial charge in [0, 0.05) is 30.5 Å². The molecule has 0 aliphatic carbocycles. The molecule has 1 amide bonds. The Balaban J connectivity index is 1.66. The van der Waals surface area contributed by atoms with Crippen LogP contribution in [0.2, 0.25) is 5.02 Å². The van der Waals surface area contributed by atoms with Crippen LogP contribution < -0.4 is 4.74 Å². The fraction of sp³-hybridized carbons (Fsp3) is 0.381. The standard InChI is InChI=1S/C21H21ClF3NO3/c1-2-17-13-19(9-10-26(17)20(27)29-21(23,24)25)28-18-8-4-6-15(12-18)14-5-3-7-16(22)11-14/h3-8,11-12,17,19H,2,9-10,13H2,1H3. The normalized spacial score (nSPS) is 19.7. The summed E-state index contributed by atoms with van der Waals surface area (Å²) in [5, 5.41) is 0.637. The minimum atomic E-state index is -4.98. The van der Waals surface area contributed by atoms with Gasteiger partial charge in [-0.2, -0.15) is 0 Å². The number of piperidine rings is 1. The largest absolute Gasteiger partial charge is 0.576 e. The lowest BCUT2D eigenvalue weighted by Crippen LogP contribution is -2.49. The predicted octanol–water partition coefficient (Wildman–Crippen LogP) is 6.29. The fourth-order valence-corrected chi connectivity index (χ4v) is 3.71. The van der Waals surface area contributed by atoms with Crippen LogP contribution in [0.25, 0.3) is 11.1 Å². The molecule has 2 aromatic carbocycles. The maximum absolute atomic E-state index is 12.4. The van der Waals surface area contributed by atoms with Crippen molar-refractivity contribution in [3.63, 3.8) is 0 Å². The Morgan fingerprint density at radius 1 is 1.17 bits per heavy atom. The van der Waals surface area contributed by atoms with Gasteiger partial charge in [0.2, 0.25) is 0 Å². The number of hydrogen-bond donors (Lipinski definition) is 0. The highest BCUT2D eigenvalue weighted by atomic mass is 35.5. The summed E-state index contributed by atoms with van der Waals surface area (Å²) in [7, 11) is 0. The number of rotatable bonds is 4. The molecule has 0 saturated carbocycles. The van der Waals surface area contributed by atoms with Crippen LogP contribution in [-0.2, 0) is 4.74 Å². The molecular formula is C21H21ClF3NO3. The maximum Gasteiger partial charge on any atom is 0.576 e. The lowest BCUT2D eigenvalue weighted by Gasteiger charge is -2.38. The van der Waals surface area contributed by atoms with Gasteiger partial charge in [-0.1, -0.05) is 42.8 Å². The van der Waals surface area contributed by atoms with Gasteiger partial charge in [0.15, 0.2) is 0 Å². The summed E-state index contributed by atoms with van der Waals surface area (Å²) >= 11 is 6.06. The van der Waals surface area contributed by atoms with Gasteiger partial charge in [-0.05, 0) is 41.8 Å². The summed E-state index contributed by atoms with van der Waals surface area (Å²) in [5.41, 5.74) is 1.90. The highest BCUT2D eigenvalue weighted by Gasteiger charge is 2.40. The Hall–Kier alpha value is -2.41. The predicted molar refractivity (Wildman–Crippen MR) is 104 cm³/mol. The van der Waals surface area contributed by atoms with Crippen molar-refractivity contribution in [3.05, 3.63) is 53.6 Å². The second kappa shape index (κ2) is 8.95. The molecule has 3 rings (SSSR count). The zero-order valence-electron chi connectivity index (χ0n) is 15.8. The molecule has 2 unspecified atom stereocenters. The molecule has 2 atom stereocenters. The van der Waals surface area contributed by atoms with E-state index in [1.165, 1.54) is 0 Å². The number of hydrogen-bond acceptors (Lipinski definition) is 3. The summed E-state index contributed by atoms with van der Waals surface area (Å²) in [4.78, 5) is 12.9. The van der Waals surface area contributed by atoms with E-state index in [-0.39, 0.29) is 18.7 Å². The van der Waals surface area contributed by atoms with Crippen molar-refractivity contribution in [3.8, 4) is 16.9 Å². The van der Waals surface area contributed by atoms with E-state index in [9.17, 15) is 18.0 Å². The lowest BCUT2D eigenvalue weighted by molar-refractivity contribution is -0.295. The second-order valence-corrected chi connectivity index (χ2v) is 7.31. The molecule has 1 aliphatic heterocycles. The van der Waals surface area contributed by atoms with Crippen LogP contribution in [0, 0.1) is 0 Å². The average molecular weight is 428 g/mol. The average Bonchev–Trinajstić information content (AvgIpc) is 2.66.